The minimum absolute atomic E-state index is 0.460. The van der Waals surface area contributed by atoms with Crippen molar-refractivity contribution >= 4 is 17.3 Å². The van der Waals surface area contributed by atoms with Crippen molar-refractivity contribution < 1.29 is 4.52 Å². The number of nitrogens with one attached hydrogen (secondary N) is 2. The van der Waals surface area contributed by atoms with Gasteiger partial charge < -0.3 is 15.2 Å². The standard InChI is InChI=1S/C19H23N5OS/c1-3-20-19(21-10-9-16-13-26-14(2)23-16)22-12-17-11-18(25-24-17)15-7-5-4-6-8-15/h4-8,11,13H,3,9-10,12H2,1-2H3,(H2,20,21,22). The van der Waals surface area contributed by atoms with E-state index in [0.29, 0.717) is 6.54 Å². The molecule has 2 N–H and O–H groups in total. The van der Waals surface area contributed by atoms with Crippen molar-refractivity contribution in [2.24, 2.45) is 4.99 Å². The number of thiazole rings is 1. The fourth-order valence-corrected chi connectivity index (χ4v) is 3.11. The Labute approximate surface area is 157 Å². The van der Waals surface area contributed by atoms with E-state index in [1.165, 1.54) is 0 Å². The van der Waals surface area contributed by atoms with E-state index in [9.17, 15) is 0 Å². The van der Waals surface area contributed by atoms with Crippen molar-refractivity contribution in [2.75, 3.05) is 13.1 Å². The van der Waals surface area contributed by atoms with E-state index in [1.54, 1.807) is 11.3 Å². The van der Waals surface area contributed by atoms with E-state index in [0.717, 1.165) is 53.2 Å². The Balaban J connectivity index is 1.56. The third kappa shape index (κ3) is 5.16. The second-order valence-electron chi connectivity index (χ2n) is 5.78. The molecule has 3 rings (SSSR count). The molecule has 0 unspecified atom stereocenters. The molecule has 0 aliphatic carbocycles. The molecule has 0 spiro atoms. The monoisotopic (exact) mass is 369 g/mol. The van der Waals surface area contributed by atoms with Gasteiger partial charge in [0, 0.05) is 36.5 Å². The zero-order valence-corrected chi connectivity index (χ0v) is 15.8. The number of benzene rings is 1. The zero-order chi connectivity index (χ0) is 18.2. The average molecular weight is 369 g/mol. The molecule has 0 saturated heterocycles. The molecule has 0 bridgehead atoms. The van der Waals surface area contributed by atoms with Crippen molar-refractivity contribution in [3.8, 4) is 11.3 Å². The minimum Gasteiger partial charge on any atom is -0.357 e. The molecule has 0 fully saturated rings. The molecule has 6 nitrogen and oxygen atoms in total. The maximum absolute atomic E-state index is 5.42. The van der Waals surface area contributed by atoms with Crippen LogP contribution in [0.4, 0.5) is 0 Å². The van der Waals surface area contributed by atoms with Crippen LogP contribution in [0.25, 0.3) is 11.3 Å². The van der Waals surface area contributed by atoms with Crippen LogP contribution in [-0.2, 0) is 13.0 Å². The summed E-state index contributed by atoms with van der Waals surface area (Å²) in [6, 6.07) is 11.9. The van der Waals surface area contributed by atoms with E-state index in [2.05, 4.69) is 31.1 Å². The molecule has 1 aromatic carbocycles. The predicted octanol–water partition coefficient (Wildman–Crippen LogP) is 3.40. The third-order valence-corrected chi connectivity index (χ3v) is 4.52. The summed E-state index contributed by atoms with van der Waals surface area (Å²) in [4.78, 5) is 9.06. The van der Waals surface area contributed by atoms with Crippen LogP contribution in [0.3, 0.4) is 0 Å². The maximum atomic E-state index is 5.42. The highest BCUT2D eigenvalue weighted by Crippen LogP contribution is 2.19. The molecule has 0 saturated carbocycles. The summed E-state index contributed by atoms with van der Waals surface area (Å²) in [5.74, 6) is 1.52. The molecule has 2 aromatic heterocycles. The van der Waals surface area contributed by atoms with E-state index < -0.39 is 0 Å². The van der Waals surface area contributed by atoms with Crippen LogP contribution in [0.2, 0.25) is 0 Å². The lowest BCUT2D eigenvalue weighted by atomic mass is 10.2. The first kappa shape index (κ1) is 18.1. The SMILES string of the molecule is CCNC(=NCc1cc(-c2ccccc2)on1)NCCc1csc(C)n1. The van der Waals surface area contributed by atoms with Crippen LogP contribution in [-0.4, -0.2) is 29.2 Å². The smallest absolute Gasteiger partial charge is 0.191 e. The molecular weight excluding hydrogens is 346 g/mol. The van der Waals surface area contributed by atoms with Gasteiger partial charge in [-0.05, 0) is 13.8 Å². The van der Waals surface area contributed by atoms with Gasteiger partial charge in [-0.2, -0.15) is 0 Å². The highest BCUT2D eigenvalue weighted by molar-refractivity contribution is 7.09. The molecule has 3 aromatic rings. The Kier molecular flexibility index (Phi) is 6.38. The molecule has 2 heterocycles. The summed E-state index contributed by atoms with van der Waals surface area (Å²) in [5, 5.41) is 13.9. The van der Waals surface area contributed by atoms with E-state index in [1.807, 2.05) is 50.2 Å². The van der Waals surface area contributed by atoms with Gasteiger partial charge >= 0.3 is 0 Å². The fraction of sp³-hybridized carbons (Fsp3) is 0.316. The molecular formula is C19H23N5OS. The largest absolute Gasteiger partial charge is 0.357 e. The van der Waals surface area contributed by atoms with Gasteiger partial charge in [0.25, 0.3) is 0 Å². The number of nitrogens with zero attached hydrogens (tertiary/aromatic N) is 3. The summed E-state index contributed by atoms with van der Waals surface area (Å²) in [6.45, 7) is 6.11. The number of aryl methyl sites for hydroxylation is 1. The highest BCUT2D eigenvalue weighted by atomic mass is 32.1. The maximum Gasteiger partial charge on any atom is 0.191 e. The fourth-order valence-electron chi connectivity index (χ4n) is 2.46. The first-order valence-corrected chi connectivity index (χ1v) is 9.56. The van der Waals surface area contributed by atoms with Crippen molar-refractivity contribution in [2.45, 2.75) is 26.8 Å². The second-order valence-corrected chi connectivity index (χ2v) is 6.84. The number of hydrogen-bond donors (Lipinski definition) is 2. The van der Waals surface area contributed by atoms with Gasteiger partial charge in [-0.25, -0.2) is 9.98 Å². The highest BCUT2D eigenvalue weighted by Gasteiger charge is 2.06. The number of guanidine groups is 1. The van der Waals surface area contributed by atoms with Crippen molar-refractivity contribution in [1.29, 1.82) is 0 Å². The lowest BCUT2D eigenvalue weighted by Crippen LogP contribution is -2.38. The number of aliphatic imine (C=N–C) groups is 1. The molecule has 0 aliphatic rings. The topological polar surface area (TPSA) is 75.3 Å². The Morgan fingerprint density at radius 1 is 1.19 bits per heavy atom. The molecule has 0 radical (unpaired) electrons. The number of hydrogen-bond acceptors (Lipinski definition) is 5. The van der Waals surface area contributed by atoms with Gasteiger partial charge in [-0.15, -0.1) is 11.3 Å². The van der Waals surface area contributed by atoms with Crippen molar-refractivity contribution in [3.63, 3.8) is 0 Å². The Morgan fingerprint density at radius 3 is 2.77 bits per heavy atom. The van der Waals surface area contributed by atoms with Gasteiger partial charge in [0.15, 0.2) is 11.7 Å². The Morgan fingerprint density at radius 2 is 2.04 bits per heavy atom. The lowest BCUT2D eigenvalue weighted by Gasteiger charge is -2.10. The molecule has 7 heteroatoms. The zero-order valence-electron chi connectivity index (χ0n) is 15.0. The molecule has 136 valence electrons. The molecule has 0 atom stereocenters. The molecule has 26 heavy (non-hydrogen) atoms. The summed E-state index contributed by atoms with van der Waals surface area (Å²) in [7, 11) is 0. The summed E-state index contributed by atoms with van der Waals surface area (Å²) < 4.78 is 5.42. The first-order chi connectivity index (χ1) is 12.7. The first-order valence-electron chi connectivity index (χ1n) is 8.69. The van der Waals surface area contributed by atoms with Gasteiger partial charge in [-0.1, -0.05) is 35.5 Å². The van der Waals surface area contributed by atoms with Gasteiger partial charge in [0.1, 0.15) is 5.69 Å². The van der Waals surface area contributed by atoms with E-state index >= 15 is 0 Å². The van der Waals surface area contributed by atoms with E-state index in [-0.39, 0.29) is 0 Å². The Bertz CT molecular complexity index is 841. The lowest BCUT2D eigenvalue weighted by molar-refractivity contribution is 0.424. The second kappa shape index (κ2) is 9.15. The van der Waals surface area contributed by atoms with Crippen LogP contribution in [0.1, 0.15) is 23.3 Å². The van der Waals surface area contributed by atoms with Crippen molar-refractivity contribution in [3.05, 3.63) is 58.2 Å². The Hall–Kier alpha value is -2.67. The van der Waals surface area contributed by atoms with Crippen LogP contribution < -0.4 is 10.6 Å². The average Bonchev–Trinajstić information content (AvgIpc) is 3.29. The van der Waals surface area contributed by atoms with Crippen LogP contribution in [0.5, 0.6) is 0 Å². The summed E-state index contributed by atoms with van der Waals surface area (Å²) >= 11 is 1.68. The minimum atomic E-state index is 0.460. The third-order valence-electron chi connectivity index (χ3n) is 3.70. The normalized spacial score (nSPS) is 11.5. The van der Waals surface area contributed by atoms with Crippen LogP contribution in [0.15, 0.2) is 51.3 Å². The van der Waals surface area contributed by atoms with E-state index in [4.69, 9.17) is 4.52 Å². The van der Waals surface area contributed by atoms with Gasteiger partial charge in [0.2, 0.25) is 0 Å². The number of rotatable bonds is 7. The van der Waals surface area contributed by atoms with Gasteiger partial charge in [0.05, 0.1) is 17.2 Å². The molecule has 0 amide bonds. The summed E-state index contributed by atoms with van der Waals surface area (Å²) in [6.07, 6.45) is 0.872. The van der Waals surface area contributed by atoms with Gasteiger partial charge in [-0.3, -0.25) is 0 Å². The molecule has 0 aliphatic heterocycles. The quantitative estimate of drug-likeness (QED) is 0.493. The van der Waals surface area contributed by atoms with Crippen molar-refractivity contribution in [1.82, 2.24) is 20.8 Å². The number of aromatic nitrogens is 2. The van der Waals surface area contributed by atoms with Crippen LogP contribution in [0, 0.1) is 6.92 Å². The predicted molar refractivity (Wildman–Crippen MR) is 105 cm³/mol. The summed E-state index contributed by atoms with van der Waals surface area (Å²) in [5.41, 5.74) is 2.93. The van der Waals surface area contributed by atoms with Crippen LogP contribution >= 0.6 is 11.3 Å².